The number of hydrogen-bond donors (Lipinski definition) is 1. The first kappa shape index (κ1) is 19.0. The summed E-state index contributed by atoms with van der Waals surface area (Å²) in [6, 6.07) is 8.31. The second-order valence-electron chi connectivity index (χ2n) is 7.64. The van der Waals surface area contributed by atoms with Crippen molar-refractivity contribution in [3.8, 4) is 11.3 Å². The number of amides is 1. The van der Waals surface area contributed by atoms with E-state index in [1.807, 2.05) is 16.9 Å². The fourth-order valence-corrected chi connectivity index (χ4v) is 4.03. The van der Waals surface area contributed by atoms with E-state index in [1.54, 1.807) is 17.0 Å². The third-order valence-electron chi connectivity index (χ3n) is 5.64. The summed E-state index contributed by atoms with van der Waals surface area (Å²) in [7, 11) is 0. The van der Waals surface area contributed by atoms with Crippen LogP contribution in [0.1, 0.15) is 21.7 Å². The molecule has 1 amide bonds. The van der Waals surface area contributed by atoms with Gasteiger partial charge in [-0.15, -0.1) is 0 Å². The van der Waals surface area contributed by atoms with Crippen LogP contribution in [0.2, 0.25) is 0 Å². The molecular formula is C21H23FN6O2. The van der Waals surface area contributed by atoms with Crippen molar-refractivity contribution < 1.29 is 13.9 Å². The van der Waals surface area contributed by atoms with Gasteiger partial charge in [-0.25, -0.2) is 4.39 Å². The number of H-pyrrole nitrogens is 1. The lowest BCUT2D eigenvalue weighted by Gasteiger charge is -2.27. The molecule has 30 heavy (non-hydrogen) atoms. The van der Waals surface area contributed by atoms with Gasteiger partial charge in [0, 0.05) is 43.9 Å². The van der Waals surface area contributed by atoms with E-state index >= 15 is 0 Å². The normalized spacial score (nSPS) is 17.2. The van der Waals surface area contributed by atoms with Crippen molar-refractivity contribution in [3.63, 3.8) is 0 Å². The molecule has 1 N–H and O–H groups in total. The van der Waals surface area contributed by atoms with E-state index < -0.39 is 0 Å². The zero-order valence-corrected chi connectivity index (χ0v) is 16.6. The minimum atomic E-state index is -0.258. The second kappa shape index (κ2) is 8.00. The van der Waals surface area contributed by atoms with E-state index in [9.17, 15) is 9.18 Å². The molecule has 1 fully saturated rings. The molecule has 0 saturated carbocycles. The van der Waals surface area contributed by atoms with Gasteiger partial charge in [0.1, 0.15) is 5.82 Å². The summed E-state index contributed by atoms with van der Waals surface area (Å²) in [6.07, 6.45) is 1.82. The van der Waals surface area contributed by atoms with E-state index in [2.05, 4.69) is 20.2 Å². The standard InChI is InChI=1S/C21H23FN6O2/c22-17-3-1-15(2-4-17)20-16(12-23-24-20)13-26-5-6-28-18(14-26)11-19(25-28)21(29)27-7-9-30-10-8-27/h1-4,11-12H,5-10,13-14H2,(H,23,24). The minimum absolute atomic E-state index is 0.0276. The van der Waals surface area contributed by atoms with Gasteiger partial charge in [-0.2, -0.15) is 10.2 Å². The highest BCUT2D eigenvalue weighted by Crippen LogP contribution is 2.24. The first-order chi connectivity index (χ1) is 14.7. The summed E-state index contributed by atoms with van der Waals surface area (Å²) in [4.78, 5) is 16.8. The van der Waals surface area contributed by atoms with Gasteiger partial charge in [-0.05, 0) is 30.3 Å². The lowest BCUT2D eigenvalue weighted by molar-refractivity contribution is 0.0298. The summed E-state index contributed by atoms with van der Waals surface area (Å²) in [5.74, 6) is -0.285. The average molecular weight is 410 g/mol. The molecule has 1 aromatic carbocycles. The Kier molecular flexibility index (Phi) is 5.06. The Bertz CT molecular complexity index is 1040. The number of carbonyl (C=O) groups excluding carboxylic acids is 1. The largest absolute Gasteiger partial charge is 0.378 e. The molecule has 0 radical (unpaired) electrons. The SMILES string of the molecule is O=C(c1cc2n(n1)CCN(Cc1cn[nH]c1-c1ccc(F)cc1)C2)N1CCOCC1. The van der Waals surface area contributed by atoms with Crippen molar-refractivity contribution >= 4 is 5.91 Å². The highest BCUT2D eigenvalue weighted by Gasteiger charge is 2.25. The Morgan fingerprint density at radius 2 is 1.93 bits per heavy atom. The summed E-state index contributed by atoms with van der Waals surface area (Å²) >= 11 is 0. The van der Waals surface area contributed by atoms with Gasteiger partial charge >= 0.3 is 0 Å². The van der Waals surface area contributed by atoms with Crippen molar-refractivity contribution in [1.29, 1.82) is 0 Å². The van der Waals surface area contributed by atoms with Crippen LogP contribution in [0.3, 0.4) is 0 Å². The molecule has 0 bridgehead atoms. The predicted octanol–water partition coefficient (Wildman–Crippen LogP) is 1.90. The molecule has 1 saturated heterocycles. The van der Waals surface area contributed by atoms with Crippen LogP contribution in [0, 0.1) is 5.82 Å². The summed E-state index contributed by atoms with van der Waals surface area (Å²) in [5, 5.41) is 11.7. The van der Waals surface area contributed by atoms with Crippen LogP contribution >= 0.6 is 0 Å². The molecule has 0 spiro atoms. The zero-order chi connectivity index (χ0) is 20.5. The number of aromatic amines is 1. The van der Waals surface area contributed by atoms with E-state index in [0.717, 1.165) is 35.6 Å². The molecule has 2 aliphatic heterocycles. The quantitative estimate of drug-likeness (QED) is 0.711. The third kappa shape index (κ3) is 3.73. The van der Waals surface area contributed by atoms with Gasteiger partial charge < -0.3 is 9.64 Å². The maximum absolute atomic E-state index is 13.2. The summed E-state index contributed by atoms with van der Waals surface area (Å²) in [5.41, 5.74) is 4.40. The van der Waals surface area contributed by atoms with Crippen molar-refractivity contribution in [2.24, 2.45) is 0 Å². The van der Waals surface area contributed by atoms with E-state index in [0.29, 0.717) is 45.1 Å². The van der Waals surface area contributed by atoms with Crippen LogP contribution in [0.25, 0.3) is 11.3 Å². The number of nitrogens with one attached hydrogen (secondary N) is 1. The Morgan fingerprint density at radius 3 is 2.73 bits per heavy atom. The molecule has 4 heterocycles. The first-order valence-corrected chi connectivity index (χ1v) is 10.1. The van der Waals surface area contributed by atoms with Crippen molar-refractivity contribution in [2.75, 3.05) is 32.8 Å². The highest BCUT2D eigenvalue weighted by atomic mass is 19.1. The van der Waals surface area contributed by atoms with Crippen LogP contribution in [0.15, 0.2) is 36.5 Å². The van der Waals surface area contributed by atoms with E-state index in [1.165, 1.54) is 12.1 Å². The Morgan fingerprint density at radius 1 is 1.13 bits per heavy atom. The molecule has 9 heteroatoms. The molecule has 156 valence electrons. The number of nitrogens with zero attached hydrogens (tertiary/aromatic N) is 5. The molecule has 0 atom stereocenters. The molecule has 2 aromatic heterocycles. The van der Waals surface area contributed by atoms with Crippen LogP contribution < -0.4 is 0 Å². The van der Waals surface area contributed by atoms with Crippen molar-refractivity contribution in [3.05, 3.63) is 59.3 Å². The topological polar surface area (TPSA) is 79.3 Å². The number of rotatable bonds is 4. The maximum Gasteiger partial charge on any atom is 0.274 e. The molecular weight excluding hydrogens is 387 g/mol. The number of aromatic nitrogens is 4. The van der Waals surface area contributed by atoms with Gasteiger partial charge in [0.05, 0.1) is 37.3 Å². The highest BCUT2D eigenvalue weighted by molar-refractivity contribution is 5.92. The number of carbonyl (C=O) groups is 1. The third-order valence-corrected chi connectivity index (χ3v) is 5.64. The average Bonchev–Trinajstić information content (AvgIpc) is 3.41. The van der Waals surface area contributed by atoms with E-state index in [-0.39, 0.29) is 11.7 Å². The minimum Gasteiger partial charge on any atom is -0.378 e. The number of benzene rings is 1. The van der Waals surface area contributed by atoms with Gasteiger partial charge in [0.2, 0.25) is 0 Å². The maximum atomic E-state index is 13.2. The van der Waals surface area contributed by atoms with Gasteiger partial charge in [0.25, 0.3) is 5.91 Å². The van der Waals surface area contributed by atoms with Crippen molar-refractivity contribution in [2.45, 2.75) is 19.6 Å². The summed E-state index contributed by atoms with van der Waals surface area (Å²) < 4.78 is 20.5. The van der Waals surface area contributed by atoms with E-state index in [4.69, 9.17) is 4.74 Å². The number of halogens is 1. The molecule has 3 aromatic rings. The van der Waals surface area contributed by atoms with Gasteiger partial charge in [-0.1, -0.05) is 0 Å². The van der Waals surface area contributed by atoms with Crippen molar-refractivity contribution in [1.82, 2.24) is 29.8 Å². The Labute approximate surface area is 173 Å². The Balaban J connectivity index is 1.29. The number of fused-ring (bicyclic) bond motifs is 1. The number of hydrogen-bond acceptors (Lipinski definition) is 5. The van der Waals surface area contributed by atoms with Crippen LogP contribution in [0.4, 0.5) is 4.39 Å². The second-order valence-corrected chi connectivity index (χ2v) is 7.64. The smallest absolute Gasteiger partial charge is 0.274 e. The number of morpholine rings is 1. The predicted molar refractivity (Wildman–Crippen MR) is 107 cm³/mol. The lowest BCUT2D eigenvalue weighted by atomic mass is 10.1. The molecule has 0 unspecified atom stereocenters. The van der Waals surface area contributed by atoms with Crippen LogP contribution in [0.5, 0.6) is 0 Å². The fourth-order valence-electron chi connectivity index (χ4n) is 4.03. The lowest BCUT2D eigenvalue weighted by Crippen LogP contribution is -2.40. The van der Waals surface area contributed by atoms with Crippen LogP contribution in [-0.4, -0.2) is 68.5 Å². The Hall–Kier alpha value is -3.04. The molecule has 0 aliphatic carbocycles. The first-order valence-electron chi connectivity index (χ1n) is 10.1. The molecule has 8 nitrogen and oxygen atoms in total. The molecule has 5 rings (SSSR count). The zero-order valence-electron chi connectivity index (χ0n) is 16.6. The van der Waals surface area contributed by atoms with Gasteiger partial charge in [0.15, 0.2) is 5.69 Å². The monoisotopic (exact) mass is 410 g/mol. The van der Waals surface area contributed by atoms with Crippen LogP contribution in [-0.2, 0) is 24.4 Å². The number of ether oxygens (including phenoxy) is 1. The van der Waals surface area contributed by atoms with Gasteiger partial charge in [-0.3, -0.25) is 19.5 Å². The summed E-state index contributed by atoms with van der Waals surface area (Å²) in [6.45, 7) is 5.35. The molecule has 2 aliphatic rings. The fraction of sp³-hybridized carbons (Fsp3) is 0.381.